The molecule has 1 aliphatic rings. The van der Waals surface area contributed by atoms with Crippen LogP contribution in [0.2, 0.25) is 0 Å². The molecule has 0 spiro atoms. The van der Waals surface area contributed by atoms with Crippen molar-refractivity contribution in [2.24, 2.45) is 0 Å². The van der Waals surface area contributed by atoms with Crippen molar-refractivity contribution in [3.8, 4) is 0 Å². The Morgan fingerprint density at radius 3 is 3.11 bits per heavy atom. The highest BCUT2D eigenvalue weighted by Gasteiger charge is 2.23. The van der Waals surface area contributed by atoms with Gasteiger partial charge in [-0.25, -0.2) is 0 Å². The summed E-state index contributed by atoms with van der Waals surface area (Å²) in [5, 5.41) is 22.6. The molecule has 18 heavy (non-hydrogen) atoms. The van der Waals surface area contributed by atoms with Crippen molar-refractivity contribution in [3.05, 3.63) is 5.01 Å². The Morgan fingerprint density at radius 2 is 2.33 bits per heavy atom. The number of rotatable bonds is 6. The van der Waals surface area contributed by atoms with Gasteiger partial charge < -0.3 is 10.4 Å². The van der Waals surface area contributed by atoms with Crippen LogP contribution >= 0.6 is 11.3 Å². The van der Waals surface area contributed by atoms with E-state index in [0.717, 1.165) is 36.2 Å². The molecule has 1 atom stereocenters. The fourth-order valence-electron chi connectivity index (χ4n) is 2.46. The monoisotopic (exact) mass is 270 g/mol. The van der Waals surface area contributed by atoms with Crippen LogP contribution in [0, 0.1) is 0 Å². The van der Waals surface area contributed by atoms with Gasteiger partial charge in [-0.15, -0.1) is 10.2 Å². The Morgan fingerprint density at radius 1 is 1.44 bits per heavy atom. The lowest BCUT2D eigenvalue weighted by molar-refractivity contribution is 0.112. The Labute approximate surface area is 112 Å². The Balaban J connectivity index is 1.92. The Kier molecular flexibility index (Phi) is 5.34. The van der Waals surface area contributed by atoms with Gasteiger partial charge in [-0.2, -0.15) is 0 Å². The minimum absolute atomic E-state index is 0.278. The van der Waals surface area contributed by atoms with Crippen molar-refractivity contribution in [2.75, 3.05) is 25.0 Å². The first-order valence-electron chi connectivity index (χ1n) is 6.74. The molecule has 1 aromatic rings. The molecule has 1 fully saturated rings. The van der Waals surface area contributed by atoms with Gasteiger partial charge in [0, 0.05) is 19.2 Å². The molecular formula is C12H22N4OS. The molecule has 102 valence electrons. The summed E-state index contributed by atoms with van der Waals surface area (Å²) in [5.74, 6) is 0. The van der Waals surface area contributed by atoms with E-state index in [0.29, 0.717) is 6.04 Å². The first-order chi connectivity index (χ1) is 8.83. The number of hydrogen-bond donors (Lipinski definition) is 2. The zero-order chi connectivity index (χ0) is 12.8. The highest BCUT2D eigenvalue weighted by molar-refractivity contribution is 7.15. The summed E-state index contributed by atoms with van der Waals surface area (Å²) in [6.07, 6.45) is 4.60. The van der Waals surface area contributed by atoms with Gasteiger partial charge in [0.05, 0.1) is 6.54 Å². The van der Waals surface area contributed by atoms with E-state index >= 15 is 0 Å². The molecule has 2 heterocycles. The number of likely N-dealkylation sites (tertiary alicyclic amines) is 1. The molecule has 5 nitrogen and oxygen atoms in total. The third-order valence-corrected chi connectivity index (χ3v) is 4.21. The first-order valence-corrected chi connectivity index (χ1v) is 7.56. The number of piperidine rings is 1. The number of aromatic nitrogens is 2. The Bertz CT molecular complexity index is 356. The maximum absolute atomic E-state index is 9.11. The third kappa shape index (κ3) is 3.63. The second-order valence-electron chi connectivity index (χ2n) is 4.66. The molecule has 1 unspecified atom stereocenters. The molecule has 0 radical (unpaired) electrons. The fourth-order valence-corrected chi connectivity index (χ4v) is 3.29. The largest absolute Gasteiger partial charge is 0.396 e. The second-order valence-corrected chi connectivity index (χ2v) is 5.73. The lowest BCUT2D eigenvalue weighted by Gasteiger charge is -2.34. The van der Waals surface area contributed by atoms with Crippen LogP contribution in [-0.4, -0.2) is 45.9 Å². The van der Waals surface area contributed by atoms with Crippen molar-refractivity contribution < 1.29 is 5.11 Å². The van der Waals surface area contributed by atoms with Crippen LogP contribution in [-0.2, 0) is 6.54 Å². The van der Waals surface area contributed by atoms with Crippen molar-refractivity contribution in [3.63, 3.8) is 0 Å². The molecule has 0 saturated carbocycles. The lowest BCUT2D eigenvalue weighted by atomic mass is 10.00. The average molecular weight is 270 g/mol. The van der Waals surface area contributed by atoms with E-state index in [1.807, 2.05) is 0 Å². The molecule has 0 bridgehead atoms. The highest BCUT2D eigenvalue weighted by atomic mass is 32.1. The van der Waals surface area contributed by atoms with Gasteiger partial charge in [0.25, 0.3) is 0 Å². The van der Waals surface area contributed by atoms with Crippen LogP contribution in [0.3, 0.4) is 0 Å². The minimum Gasteiger partial charge on any atom is -0.396 e. The van der Waals surface area contributed by atoms with Crippen LogP contribution < -0.4 is 5.32 Å². The predicted molar refractivity (Wildman–Crippen MR) is 73.8 cm³/mol. The highest BCUT2D eigenvalue weighted by Crippen LogP contribution is 2.24. The number of hydrogen-bond acceptors (Lipinski definition) is 6. The summed E-state index contributed by atoms with van der Waals surface area (Å²) in [4.78, 5) is 2.44. The normalized spacial score (nSPS) is 21.1. The molecule has 2 rings (SSSR count). The standard InChI is InChI=1S/C12H22N4OS/c1-2-13-12-15-14-11(18-12)9-16-7-4-3-5-10(16)6-8-17/h10,17H,2-9H2,1H3,(H,13,15). The topological polar surface area (TPSA) is 61.3 Å². The van der Waals surface area contributed by atoms with E-state index in [2.05, 4.69) is 27.3 Å². The van der Waals surface area contributed by atoms with E-state index in [1.54, 1.807) is 11.3 Å². The minimum atomic E-state index is 0.278. The van der Waals surface area contributed by atoms with Gasteiger partial charge in [0.1, 0.15) is 5.01 Å². The quantitative estimate of drug-likeness (QED) is 0.824. The van der Waals surface area contributed by atoms with Gasteiger partial charge in [0.15, 0.2) is 0 Å². The molecule has 6 heteroatoms. The summed E-state index contributed by atoms with van der Waals surface area (Å²) in [7, 11) is 0. The predicted octanol–water partition coefficient (Wildman–Crippen LogP) is 1.71. The van der Waals surface area contributed by atoms with Crippen molar-refractivity contribution in [1.82, 2.24) is 15.1 Å². The van der Waals surface area contributed by atoms with Crippen LogP contribution in [0.15, 0.2) is 0 Å². The smallest absolute Gasteiger partial charge is 0.205 e. The van der Waals surface area contributed by atoms with E-state index in [4.69, 9.17) is 5.11 Å². The van der Waals surface area contributed by atoms with E-state index in [-0.39, 0.29) is 6.61 Å². The summed E-state index contributed by atoms with van der Waals surface area (Å²) < 4.78 is 0. The Hall–Kier alpha value is -0.720. The number of aliphatic hydroxyl groups is 1. The van der Waals surface area contributed by atoms with Crippen LogP contribution in [0.4, 0.5) is 5.13 Å². The van der Waals surface area contributed by atoms with Crippen LogP contribution in [0.25, 0.3) is 0 Å². The number of nitrogens with one attached hydrogen (secondary N) is 1. The number of nitrogens with zero attached hydrogens (tertiary/aromatic N) is 3. The number of anilines is 1. The van der Waals surface area contributed by atoms with Gasteiger partial charge in [-0.3, -0.25) is 4.90 Å². The molecule has 2 N–H and O–H groups in total. The molecule has 0 aromatic carbocycles. The third-order valence-electron chi connectivity index (χ3n) is 3.34. The number of aliphatic hydroxyl groups excluding tert-OH is 1. The summed E-state index contributed by atoms with van der Waals surface area (Å²) >= 11 is 1.63. The van der Waals surface area contributed by atoms with Crippen molar-refractivity contribution >= 4 is 16.5 Å². The summed E-state index contributed by atoms with van der Waals surface area (Å²) in [6.45, 7) is 5.20. The second kappa shape index (κ2) is 7.01. The van der Waals surface area contributed by atoms with Gasteiger partial charge in [0.2, 0.25) is 5.13 Å². The maximum Gasteiger partial charge on any atom is 0.205 e. The SMILES string of the molecule is CCNc1nnc(CN2CCCCC2CCO)s1. The van der Waals surface area contributed by atoms with E-state index in [1.165, 1.54) is 19.3 Å². The van der Waals surface area contributed by atoms with Gasteiger partial charge in [-0.05, 0) is 32.7 Å². The van der Waals surface area contributed by atoms with Crippen LogP contribution in [0.1, 0.15) is 37.6 Å². The molecule has 1 aromatic heterocycles. The van der Waals surface area contributed by atoms with E-state index < -0.39 is 0 Å². The van der Waals surface area contributed by atoms with Gasteiger partial charge in [-0.1, -0.05) is 17.8 Å². The average Bonchev–Trinajstić information content (AvgIpc) is 2.80. The first kappa shape index (κ1) is 13.7. The summed E-state index contributed by atoms with van der Waals surface area (Å²) in [5.41, 5.74) is 0. The summed E-state index contributed by atoms with van der Waals surface area (Å²) in [6, 6.07) is 0.509. The van der Waals surface area contributed by atoms with E-state index in [9.17, 15) is 0 Å². The zero-order valence-corrected chi connectivity index (χ0v) is 11.7. The molecular weight excluding hydrogens is 248 g/mol. The molecule has 0 aliphatic carbocycles. The zero-order valence-electron chi connectivity index (χ0n) is 10.9. The fraction of sp³-hybridized carbons (Fsp3) is 0.833. The molecule has 1 saturated heterocycles. The molecule has 1 aliphatic heterocycles. The lowest BCUT2D eigenvalue weighted by Crippen LogP contribution is -2.39. The van der Waals surface area contributed by atoms with Crippen molar-refractivity contribution in [1.29, 1.82) is 0 Å². The maximum atomic E-state index is 9.11. The van der Waals surface area contributed by atoms with Crippen LogP contribution in [0.5, 0.6) is 0 Å². The molecule has 0 amide bonds. The van der Waals surface area contributed by atoms with Crippen molar-refractivity contribution in [2.45, 2.75) is 45.2 Å². The van der Waals surface area contributed by atoms with Gasteiger partial charge >= 0.3 is 0 Å².